The van der Waals surface area contributed by atoms with E-state index in [1.165, 1.54) is 11.1 Å². The van der Waals surface area contributed by atoms with E-state index in [-0.39, 0.29) is 29.6 Å². The lowest BCUT2D eigenvalue weighted by Gasteiger charge is -2.38. The van der Waals surface area contributed by atoms with Gasteiger partial charge >= 0.3 is 5.97 Å². The highest BCUT2D eigenvalue weighted by molar-refractivity contribution is 5.81. The predicted octanol–water partition coefficient (Wildman–Crippen LogP) is 4.50. The van der Waals surface area contributed by atoms with Crippen LogP contribution in [-0.2, 0) is 14.3 Å². The molecule has 0 radical (unpaired) electrons. The lowest BCUT2D eigenvalue weighted by Crippen LogP contribution is -2.47. The Morgan fingerprint density at radius 1 is 1.07 bits per heavy atom. The van der Waals surface area contributed by atoms with E-state index in [0.29, 0.717) is 25.6 Å². The molecule has 1 aliphatic carbocycles. The van der Waals surface area contributed by atoms with Crippen LogP contribution in [0.1, 0.15) is 75.8 Å². The predicted molar refractivity (Wildman–Crippen MR) is 107 cm³/mol. The number of benzene rings is 1. The molecule has 1 amide bonds. The first kappa shape index (κ1) is 19.9. The van der Waals surface area contributed by atoms with Crippen molar-refractivity contribution in [2.24, 2.45) is 11.8 Å². The molecule has 0 N–H and O–H groups in total. The smallest absolute Gasteiger partial charge is 0.310 e. The van der Waals surface area contributed by atoms with Crippen molar-refractivity contribution < 1.29 is 14.3 Å². The van der Waals surface area contributed by atoms with Crippen molar-refractivity contribution in [3.63, 3.8) is 0 Å². The first-order valence-corrected chi connectivity index (χ1v) is 10.5. The number of piperidine rings is 1. The molecular formula is C23H33NO3. The summed E-state index contributed by atoms with van der Waals surface area (Å²) in [5.41, 5.74) is 2.54. The molecule has 1 saturated carbocycles. The minimum atomic E-state index is -0.223. The van der Waals surface area contributed by atoms with Crippen LogP contribution in [0.3, 0.4) is 0 Å². The molecule has 1 aliphatic heterocycles. The summed E-state index contributed by atoms with van der Waals surface area (Å²) in [5, 5.41) is 0. The number of nitrogens with zero attached hydrogens (tertiary/aromatic N) is 1. The lowest BCUT2D eigenvalue weighted by molar-refractivity contribution is -0.152. The summed E-state index contributed by atoms with van der Waals surface area (Å²) in [7, 11) is 0. The van der Waals surface area contributed by atoms with E-state index in [2.05, 4.69) is 38.1 Å². The Hall–Kier alpha value is -1.84. The molecular weight excluding hydrogens is 338 g/mol. The maximum absolute atomic E-state index is 13.0. The number of esters is 1. The minimum absolute atomic E-state index is 0.148. The average molecular weight is 372 g/mol. The van der Waals surface area contributed by atoms with Crippen LogP contribution in [0.5, 0.6) is 0 Å². The molecule has 2 unspecified atom stereocenters. The number of amides is 1. The Bertz CT molecular complexity index is 646. The molecule has 0 spiro atoms. The maximum Gasteiger partial charge on any atom is 0.310 e. The van der Waals surface area contributed by atoms with Gasteiger partial charge in [-0.3, -0.25) is 9.59 Å². The van der Waals surface area contributed by atoms with Crippen molar-refractivity contribution in [3.8, 4) is 0 Å². The Morgan fingerprint density at radius 3 is 2.33 bits per heavy atom. The van der Waals surface area contributed by atoms with E-state index >= 15 is 0 Å². The highest BCUT2D eigenvalue weighted by Gasteiger charge is 2.37. The van der Waals surface area contributed by atoms with Crippen molar-refractivity contribution in [1.29, 1.82) is 0 Å². The second-order valence-corrected chi connectivity index (χ2v) is 8.43. The zero-order chi connectivity index (χ0) is 19.4. The van der Waals surface area contributed by atoms with Gasteiger partial charge in [-0.15, -0.1) is 0 Å². The summed E-state index contributed by atoms with van der Waals surface area (Å²) in [6, 6.07) is 8.70. The number of carbonyl (C=O) groups excluding carboxylic acids is 2. The van der Waals surface area contributed by atoms with Gasteiger partial charge in [-0.1, -0.05) is 51.0 Å². The number of likely N-dealkylation sites (tertiary alicyclic amines) is 1. The van der Waals surface area contributed by atoms with Gasteiger partial charge in [0.2, 0.25) is 5.91 Å². The molecule has 0 aromatic heterocycles. The van der Waals surface area contributed by atoms with Gasteiger partial charge in [0.1, 0.15) is 0 Å². The highest BCUT2D eigenvalue weighted by atomic mass is 16.5. The summed E-state index contributed by atoms with van der Waals surface area (Å²) in [6.45, 7) is 7.83. The Kier molecular flexibility index (Phi) is 6.56. The van der Waals surface area contributed by atoms with Gasteiger partial charge in [-0.05, 0) is 43.2 Å². The third-order valence-corrected chi connectivity index (χ3v) is 6.16. The molecule has 1 aromatic rings. The van der Waals surface area contributed by atoms with E-state index in [9.17, 15) is 9.59 Å². The van der Waals surface area contributed by atoms with Gasteiger partial charge in [-0.2, -0.15) is 0 Å². The van der Waals surface area contributed by atoms with Gasteiger partial charge in [0, 0.05) is 24.9 Å². The molecule has 2 atom stereocenters. The van der Waals surface area contributed by atoms with E-state index in [0.717, 1.165) is 32.1 Å². The van der Waals surface area contributed by atoms with Crippen molar-refractivity contribution in [2.75, 3.05) is 19.7 Å². The fourth-order valence-electron chi connectivity index (χ4n) is 4.54. The van der Waals surface area contributed by atoms with Crippen molar-refractivity contribution in [2.45, 2.75) is 64.7 Å². The Morgan fingerprint density at radius 2 is 1.74 bits per heavy atom. The second kappa shape index (κ2) is 8.90. The minimum Gasteiger partial charge on any atom is -0.466 e. The van der Waals surface area contributed by atoms with Gasteiger partial charge in [0.15, 0.2) is 0 Å². The molecule has 1 saturated heterocycles. The average Bonchev–Trinajstić information content (AvgIpc) is 3.22. The molecule has 27 heavy (non-hydrogen) atoms. The van der Waals surface area contributed by atoms with Crippen molar-refractivity contribution in [3.05, 3.63) is 35.4 Å². The summed E-state index contributed by atoms with van der Waals surface area (Å²) < 4.78 is 5.29. The van der Waals surface area contributed by atoms with E-state index in [4.69, 9.17) is 4.74 Å². The molecule has 4 nitrogen and oxygen atoms in total. The van der Waals surface area contributed by atoms with Crippen LogP contribution in [0.15, 0.2) is 24.3 Å². The molecule has 148 valence electrons. The van der Waals surface area contributed by atoms with Crippen LogP contribution in [0.2, 0.25) is 0 Å². The van der Waals surface area contributed by atoms with Gasteiger partial charge in [0.25, 0.3) is 0 Å². The zero-order valence-corrected chi connectivity index (χ0v) is 16.9. The molecule has 2 aliphatic rings. The summed E-state index contributed by atoms with van der Waals surface area (Å²) in [5.74, 6) is 0.696. The number of hydrogen-bond acceptors (Lipinski definition) is 3. The third kappa shape index (κ3) is 4.72. The maximum atomic E-state index is 13.0. The number of rotatable bonds is 5. The third-order valence-electron chi connectivity index (χ3n) is 6.16. The zero-order valence-electron chi connectivity index (χ0n) is 16.9. The molecule has 2 fully saturated rings. The topological polar surface area (TPSA) is 46.6 Å². The Labute approximate surface area is 163 Å². The number of hydrogen-bond donors (Lipinski definition) is 0. The molecule has 4 heteroatoms. The number of ether oxygens (including phenoxy) is 1. The summed E-state index contributed by atoms with van der Waals surface area (Å²) >= 11 is 0. The second-order valence-electron chi connectivity index (χ2n) is 8.43. The largest absolute Gasteiger partial charge is 0.466 e. The van der Waals surface area contributed by atoms with Crippen LogP contribution >= 0.6 is 0 Å². The van der Waals surface area contributed by atoms with Crippen molar-refractivity contribution >= 4 is 11.9 Å². The van der Waals surface area contributed by atoms with Crippen molar-refractivity contribution in [1.82, 2.24) is 4.90 Å². The van der Waals surface area contributed by atoms with E-state index < -0.39 is 0 Å². The Balaban J connectivity index is 1.79. The van der Waals surface area contributed by atoms with Crippen LogP contribution in [-0.4, -0.2) is 36.5 Å². The fraction of sp³-hybridized carbons (Fsp3) is 0.652. The van der Waals surface area contributed by atoms with Gasteiger partial charge < -0.3 is 9.64 Å². The van der Waals surface area contributed by atoms with E-state index in [1.807, 2.05) is 11.8 Å². The number of carbonyl (C=O) groups is 2. The monoisotopic (exact) mass is 371 g/mol. The SMILES string of the molecule is CCOC(=O)C1CC(c2ccc(C(C)C)cc2)CN(C(=O)C2CCCC2)C1. The normalized spacial score (nSPS) is 23.6. The fourth-order valence-corrected chi connectivity index (χ4v) is 4.54. The molecule has 1 aromatic carbocycles. The molecule has 0 bridgehead atoms. The molecule has 1 heterocycles. The lowest BCUT2D eigenvalue weighted by atomic mass is 9.83. The van der Waals surface area contributed by atoms with Gasteiger partial charge in [0.05, 0.1) is 12.5 Å². The first-order chi connectivity index (χ1) is 13.0. The standard InChI is InChI=1S/C23H33NO3/c1-4-27-23(26)21-13-20(18-11-9-17(10-12-18)16(2)3)14-24(15-21)22(25)19-7-5-6-8-19/h9-12,16,19-21H,4-8,13-15H2,1-3H3. The van der Waals surface area contributed by atoms with Gasteiger partial charge in [-0.25, -0.2) is 0 Å². The summed E-state index contributed by atoms with van der Waals surface area (Å²) in [4.78, 5) is 27.4. The van der Waals surface area contributed by atoms with Crippen LogP contribution in [0.4, 0.5) is 0 Å². The van der Waals surface area contributed by atoms with Crippen LogP contribution in [0, 0.1) is 11.8 Å². The first-order valence-electron chi connectivity index (χ1n) is 10.5. The van der Waals surface area contributed by atoms with E-state index in [1.54, 1.807) is 0 Å². The van der Waals surface area contributed by atoms with Crippen LogP contribution in [0.25, 0.3) is 0 Å². The molecule has 3 rings (SSSR count). The summed E-state index contributed by atoms with van der Waals surface area (Å²) in [6.07, 6.45) is 5.03. The quantitative estimate of drug-likeness (QED) is 0.716. The highest BCUT2D eigenvalue weighted by Crippen LogP contribution is 2.34. The van der Waals surface area contributed by atoms with Crippen LogP contribution < -0.4 is 0 Å².